The summed E-state index contributed by atoms with van der Waals surface area (Å²) in [6.45, 7) is 0. The minimum atomic E-state index is 0.00597. The Balaban J connectivity index is 1.83. The lowest BCUT2D eigenvalue weighted by molar-refractivity contribution is -0.123. The van der Waals surface area contributed by atoms with Crippen molar-refractivity contribution in [2.75, 3.05) is 5.33 Å². The number of alkyl halides is 1. The lowest BCUT2D eigenvalue weighted by Crippen LogP contribution is -2.51. The van der Waals surface area contributed by atoms with Gasteiger partial charge in [0.2, 0.25) is 5.91 Å². The van der Waals surface area contributed by atoms with Crippen molar-refractivity contribution in [1.82, 2.24) is 5.32 Å². The molecule has 0 saturated heterocycles. The first-order valence-electron chi connectivity index (χ1n) is 7.15. The fourth-order valence-corrected chi connectivity index (χ4v) is 3.48. The first kappa shape index (κ1) is 14.6. The topological polar surface area (TPSA) is 29.1 Å². The maximum atomic E-state index is 12.1. The predicted molar refractivity (Wildman–Crippen MR) is 82.5 cm³/mol. The molecule has 0 aliphatic heterocycles. The number of carbonyl (C=O) groups excluding carboxylic acids is 1. The molecule has 1 saturated carbocycles. The molecule has 1 fully saturated rings. The number of nitrogens with one attached hydrogen (secondary N) is 1. The minimum absolute atomic E-state index is 0.00597. The largest absolute Gasteiger partial charge is 0.350 e. The second-order valence-electron chi connectivity index (χ2n) is 5.51. The number of hydrogen-bond donors (Lipinski definition) is 1. The molecule has 0 radical (unpaired) electrons. The van der Waals surface area contributed by atoms with E-state index in [9.17, 15) is 4.79 Å². The smallest absolute Gasteiger partial charge is 0.220 e. The molecule has 1 N–H and O–H groups in total. The summed E-state index contributed by atoms with van der Waals surface area (Å²) in [6, 6.07) is 10.2. The van der Waals surface area contributed by atoms with Crippen LogP contribution >= 0.6 is 15.9 Å². The number of rotatable bonds is 5. The van der Waals surface area contributed by atoms with Crippen molar-refractivity contribution in [3.05, 3.63) is 35.9 Å². The molecule has 0 unspecified atom stereocenters. The Bertz CT molecular complexity index is 398. The van der Waals surface area contributed by atoms with Crippen molar-refractivity contribution in [2.45, 2.75) is 50.5 Å². The molecule has 0 aromatic heterocycles. The molecule has 0 atom stereocenters. The van der Waals surface area contributed by atoms with Crippen LogP contribution in [-0.2, 0) is 11.2 Å². The van der Waals surface area contributed by atoms with Gasteiger partial charge in [0, 0.05) is 17.3 Å². The van der Waals surface area contributed by atoms with Gasteiger partial charge in [-0.05, 0) is 24.8 Å². The number of halogens is 1. The molecule has 1 aliphatic carbocycles. The summed E-state index contributed by atoms with van der Waals surface area (Å²) in [5, 5.41) is 4.14. The standard InChI is InChI=1S/C16H22BrNO/c17-13-16(11-5-2-6-12-16)18-15(19)10-9-14-7-3-1-4-8-14/h1,3-4,7-8H,2,5-6,9-13H2,(H,18,19). The molecule has 1 amide bonds. The van der Waals surface area contributed by atoms with E-state index in [1.165, 1.54) is 24.8 Å². The van der Waals surface area contributed by atoms with Crippen LogP contribution in [-0.4, -0.2) is 16.8 Å². The van der Waals surface area contributed by atoms with Crippen LogP contribution in [0.1, 0.15) is 44.1 Å². The van der Waals surface area contributed by atoms with E-state index in [1.807, 2.05) is 18.2 Å². The average molecular weight is 324 g/mol. The van der Waals surface area contributed by atoms with Gasteiger partial charge in [0.15, 0.2) is 0 Å². The molecule has 2 rings (SSSR count). The highest BCUT2D eigenvalue weighted by Crippen LogP contribution is 2.29. The highest BCUT2D eigenvalue weighted by atomic mass is 79.9. The maximum absolute atomic E-state index is 12.1. The zero-order valence-electron chi connectivity index (χ0n) is 11.3. The summed E-state index contributed by atoms with van der Waals surface area (Å²) in [5.41, 5.74) is 1.24. The van der Waals surface area contributed by atoms with Crippen LogP contribution in [0, 0.1) is 0 Å². The van der Waals surface area contributed by atoms with Gasteiger partial charge in [0.05, 0.1) is 0 Å². The van der Waals surface area contributed by atoms with E-state index in [2.05, 4.69) is 33.4 Å². The van der Waals surface area contributed by atoms with Gasteiger partial charge in [-0.25, -0.2) is 0 Å². The normalized spacial score (nSPS) is 17.9. The first-order valence-corrected chi connectivity index (χ1v) is 8.27. The first-order chi connectivity index (χ1) is 9.24. The highest BCUT2D eigenvalue weighted by molar-refractivity contribution is 9.09. The van der Waals surface area contributed by atoms with Gasteiger partial charge >= 0.3 is 0 Å². The summed E-state index contributed by atoms with van der Waals surface area (Å²) < 4.78 is 0. The number of aryl methyl sites for hydroxylation is 1. The van der Waals surface area contributed by atoms with Crippen molar-refractivity contribution in [2.24, 2.45) is 0 Å². The molecule has 2 nitrogen and oxygen atoms in total. The Morgan fingerprint density at radius 3 is 2.47 bits per heavy atom. The van der Waals surface area contributed by atoms with E-state index in [1.54, 1.807) is 0 Å². The third kappa shape index (κ3) is 4.34. The maximum Gasteiger partial charge on any atom is 0.220 e. The van der Waals surface area contributed by atoms with Gasteiger partial charge in [0.1, 0.15) is 0 Å². The third-order valence-electron chi connectivity index (χ3n) is 3.95. The summed E-state index contributed by atoms with van der Waals surface area (Å²) in [5.74, 6) is 0.185. The predicted octanol–water partition coefficient (Wildman–Crippen LogP) is 3.83. The van der Waals surface area contributed by atoms with E-state index in [0.717, 1.165) is 24.6 Å². The Hall–Kier alpha value is -0.830. The zero-order chi connectivity index (χ0) is 13.6. The van der Waals surface area contributed by atoms with Gasteiger partial charge in [-0.3, -0.25) is 4.79 Å². The number of amides is 1. The second-order valence-corrected chi connectivity index (χ2v) is 6.07. The Morgan fingerprint density at radius 1 is 1.16 bits per heavy atom. The van der Waals surface area contributed by atoms with Crippen LogP contribution in [0.2, 0.25) is 0 Å². The zero-order valence-corrected chi connectivity index (χ0v) is 12.9. The van der Waals surface area contributed by atoms with Crippen LogP contribution in [0.25, 0.3) is 0 Å². The molecule has 19 heavy (non-hydrogen) atoms. The second kappa shape index (κ2) is 7.09. The molecule has 0 bridgehead atoms. The molecule has 1 aliphatic rings. The highest BCUT2D eigenvalue weighted by Gasteiger charge is 2.32. The van der Waals surface area contributed by atoms with E-state index in [4.69, 9.17) is 0 Å². The SMILES string of the molecule is O=C(CCc1ccccc1)NC1(CBr)CCCCC1. The summed E-state index contributed by atoms with van der Waals surface area (Å²) in [7, 11) is 0. The Kier molecular flexibility index (Phi) is 5.44. The number of carbonyl (C=O) groups is 1. The van der Waals surface area contributed by atoms with Crippen LogP contribution in [0.3, 0.4) is 0 Å². The minimum Gasteiger partial charge on any atom is -0.350 e. The van der Waals surface area contributed by atoms with E-state index in [0.29, 0.717) is 6.42 Å². The molecule has 104 valence electrons. The van der Waals surface area contributed by atoms with Crippen LogP contribution in [0.4, 0.5) is 0 Å². The van der Waals surface area contributed by atoms with E-state index in [-0.39, 0.29) is 11.4 Å². The van der Waals surface area contributed by atoms with Gasteiger partial charge in [0.25, 0.3) is 0 Å². The quantitative estimate of drug-likeness (QED) is 0.820. The van der Waals surface area contributed by atoms with Gasteiger partial charge in [-0.1, -0.05) is 65.5 Å². The van der Waals surface area contributed by atoms with Crippen molar-refractivity contribution in [3.63, 3.8) is 0 Å². The fraction of sp³-hybridized carbons (Fsp3) is 0.562. The lowest BCUT2D eigenvalue weighted by Gasteiger charge is -2.36. The van der Waals surface area contributed by atoms with Crippen LogP contribution in [0.15, 0.2) is 30.3 Å². The monoisotopic (exact) mass is 323 g/mol. The average Bonchev–Trinajstić information content (AvgIpc) is 2.47. The van der Waals surface area contributed by atoms with Crippen molar-refractivity contribution < 1.29 is 4.79 Å². The molecule has 0 heterocycles. The van der Waals surface area contributed by atoms with Crippen molar-refractivity contribution >= 4 is 21.8 Å². The number of benzene rings is 1. The fourth-order valence-electron chi connectivity index (χ4n) is 2.78. The number of hydrogen-bond acceptors (Lipinski definition) is 1. The lowest BCUT2D eigenvalue weighted by atomic mass is 9.83. The summed E-state index contributed by atoms with van der Waals surface area (Å²) >= 11 is 3.58. The van der Waals surface area contributed by atoms with Crippen LogP contribution < -0.4 is 5.32 Å². The van der Waals surface area contributed by atoms with Gasteiger partial charge in [-0.15, -0.1) is 0 Å². The molecule has 1 aromatic rings. The van der Waals surface area contributed by atoms with E-state index < -0.39 is 0 Å². The third-order valence-corrected chi connectivity index (χ3v) is 5.03. The van der Waals surface area contributed by atoms with Crippen molar-refractivity contribution in [1.29, 1.82) is 0 Å². The van der Waals surface area contributed by atoms with Gasteiger partial charge < -0.3 is 5.32 Å². The molecular formula is C16H22BrNO. The Labute approximate surface area is 124 Å². The van der Waals surface area contributed by atoms with Crippen LogP contribution in [0.5, 0.6) is 0 Å². The molecule has 3 heteroatoms. The van der Waals surface area contributed by atoms with E-state index >= 15 is 0 Å². The van der Waals surface area contributed by atoms with Gasteiger partial charge in [-0.2, -0.15) is 0 Å². The Morgan fingerprint density at radius 2 is 1.84 bits per heavy atom. The molecule has 0 spiro atoms. The summed E-state index contributed by atoms with van der Waals surface area (Å²) in [6.07, 6.45) is 7.37. The molecule has 1 aromatic carbocycles. The summed E-state index contributed by atoms with van der Waals surface area (Å²) in [4.78, 5) is 12.1. The van der Waals surface area contributed by atoms with Crippen molar-refractivity contribution in [3.8, 4) is 0 Å². The molecular weight excluding hydrogens is 302 g/mol.